The molecule has 3 aromatic heterocycles. The molecule has 1 aliphatic rings. The van der Waals surface area contributed by atoms with Gasteiger partial charge in [-0.05, 0) is 13.3 Å². The van der Waals surface area contributed by atoms with Crippen molar-refractivity contribution in [3.63, 3.8) is 0 Å². The molecule has 1 amide bonds. The van der Waals surface area contributed by atoms with E-state index >= 15 is 0 Å². The molecule has 1 aliphatic heterocycles. The van der Waals surface area contributed by atoms with Gasteiger partial charge in [-0.15, -0.1) is 11.3 Å². The van der Waals surface area contributed by atoms with Gasteiger partial charge in [-0.3, -0.25) is 9.89 Å². The monoisotopic (exact) mass is 331 g/mol. The first-order valence-electron chi connectivity index (χ1n) is 7.14. The van der Waals surface area contributed by atoms with E-state index in [0.29, 0.717) is 35.5 Å². The van der Waals surface area contributed by atoms with E-state index in [4.69, 9.17) is 4.52 Å². The third-order valence-corrected chi connectivity index (χ3v) is 4.73. The van der Waals surface area contributed by atoms with Crippen LogP contribution in [0.1, 0.15) is 24.4 Å². The van der Waals surface area contributed by atoms with Gasteiger partial charge in [-0.1, -0.05) is 5.16 Å². The molecular weight excluding hydrogens is 318 g/mol. The summed E-state index contributed by atoms with van der Waals surface area (Å²) in [6.07, 6.45) is 2.92. The number of aromatic amines is 1. The van der Waals surface area contributed by atoms with Crippen LogP contribution in [0, 0.1) is 6.92 Å². The highest BCUT2D eigenvalue weighted by Crippen LogP contribution is 2.32. The number of thiazole rings is 1. The minimum absolute atomic E-state index is 0.137. The van der Waals surface area contributed by atoms with E-state index in [-0.39, 0.29) is 5.91 Å². The SMILES string of the molecule is Cc1nc(-c2ncn[nH]2)sc1-c1nc(CN2CCCC2=O)no1. The van der Waals surface area contributed by atoms with Gasteiger partial charge in [0.2, 0.25) is 5.91 Å². The highest BCUT2D eigenvalue weighted by molar-refractivity contribution is 7.18. The molecule has 0 aliphatic carbocycles. The summed E-state index contributed by atoms with van der Waals surface area (Å²) in [4.78, 5) is 27.1. The summed E-state index contributed by atoms with van der Waals surface area (Å²) in [6.45, 7) is 3.01. The Morgan fingerprint density at radius 3 is 3.09 bits per heavy atom. The minimum atomic E-state index is 0.137. The normalized spacial score (nSPS) is 14.8. The predicted molar refractivity (Wildman–Crippen MR) is 80.2 cm³/mol. The number of aryl methyl sites for hydroxylation is 1. The standard InChI is InChI=1S/C13H13N7O2S/c1-7-10(23-13(16-7)11-14-6-15-18-11)12-17-8(19-22-12)5-20-4-2-3-9(20)21/h6H,2-5H2,1H3,(H,14,15,18). The number of likely N-dealkylation sites (tertiary alicyclic amines) is 1. The molecule has 1 saturated heterocycles. The molecular formula is C13H13N7O2S. The maximum absolute atomic E-state index is 11.7. The number of rotatable bonds is 4. The number of aromatic nitrogens is 6. The summed E-state index contributed by atoms with van der Waals surface area (Å²) in [5.74, 6) is 1.65. The molecule has 1 N–H and O–H groups in total. The van der Waals surface area contributed by atoms with E-state index in [9.17, 15) is 4.79 Å². The van der Waals surface area contributed by atoms with Crippen LogP contribution >= 0.6 is 11.3 Å². The van der Waals surface area contributed by atoms with Gasteiger partial charge in [0, 0.05) is 13.0 Å². The predicted octanol–water partition coefficient (Wildman–Crippen LogP) is 1.41. The summed E-state index contributed by atoms with van der Waals surface area (Å²) in [5.41, 5.74) is 0.786. The van der Waals surface area contributed by atoms with Crippen molar-refractivity contribution in [1.29, 1.82) is 0 Å². The molecule has 0 bridgehead atoms. The highest BCUT2D eigenvalue weighted by atomic mass is 32.1. The lowest BCUT2D eigenvalue weighted by Crippen LogP contribution is -2.24. The Morgan fingerprint density at radius 2 is 2.35 bits per heavy atom. The summed E-state index contributed by atoms with van der Waals surface area (Å²) < 4.78 is 5.33. The van der Waals surface area contributed by atoms with Gasteiger partial charge in [-0.2, -0.15) is 10.1 Å². The van der Waals surface area contributed by atoms with Gasteiger partial charge in [0.05, 0.1) is 12.2 Å². The number of hydrogen-bond donors (Lipinski definition) is 1. The molecule has 0 radical (unpaired) electrons. The number of carbonyl (C=O) groups is 1. The molecule has 23 heavy (non-hydrogen) atoms. The Kier molecular flexibility index (Phi) is 3.37. The van der Waals surface area contributed by atoms with Crippen molar-refractivity contribution in [3.05, 3.63) is 17.8 Å². The van der Waals surface area contributed by atoms with Gasteiger partial charge in [0.15, 0.2) is 16.7 Å². The zero-order valence-electron chi connectivity index (χ0n) is 12.3. The number of nitrogens with one attached hydrogen (secondary N) is 1. The number of hydrogen-bond acceptors (Lipinski definition) is 8. The van der Waals surface area contributed by atoms with Crippen molar-refractivity contribution in [2.75, 3.05) is 6.54 Å². The Morgan fingerprint density at radius 1 is 1.43 bits per heavy atom. The van der Waals surface area contributed by atoms with Crippen molar-refractivity contribution >= 4 is 17.2 Å². The Labute approximate surface area is 134 Å². The fourth-order valence-electron chi connectivity index (χ4n) is 2.46. The first kappa shape index (κ1) is 14.0. The third kappa shape index (κ3) is 2.61. The number of nitrogens with zero attached hydrogens (tertiary/aromatic N) is 6. The molecule has 3 aromatic rings. The molecule has 0 saturated carbocycles. The van der Waals surface area contributed by atoms with Crippen molar-refractivity contribution in [2.24, 2.45) is 0 Å². The fourth-order valence-corrected chi connectivity index (χ4v) is 3.39. The van der Waals surface area contributed by atoms with Gasteiger partial charge < -0.3 is 9.42 Å². The van der Waals surface area contributed by atoms with Gasteiger partial charge in [0.1, 0.15) is 11.2 Å². The van der Waals surface area contributed by atoms with Gasteiger partial charge >= 0.3 is 0 Å². The maximum Gasteiger partial charge on any atom is 0.270 e. The number of amides is 1. The summed E-state index contributed by atoms with van der Waals surface area (Å²) in [5, 5.41) is 11.3. The van der Waals surface area contributed by atoms with E-state index in [1.54, 1.807) is 4.90 Å². The average molecular weight is 331 g/mol. The van der Waals surface area contributed by atoms with Crippen LogP contribution in [0.25, 0.3) is 21.6 Å². The topological polar surface area (TPSA) is 114 Å². The average Bonchev–Trinajstić information content (AvgIpc) is 3.28. The lowest BCUT2D eigenvalue weighted by Gasteiger charge is -2.11. The highest BCUT2D eigenvalue weighted by Gasteiger charge is 2.23. The molecule has 4 rings (SSSR count). The first-order chi connectivity index (χ1) is 11.2. The molecule has 10 heteroatoms. The van der Waals surface area contributed by atoms with E-state index in [1.807, 2.05) is 6.92 Å². The molecule has 118 valence electrons. The van der Waals surface area contributed by atoms with Crippen LogP contribution in [0.15, 0.2) is 10.9 Å². The van der Waals surface area contributed by atoms with Crippen LogP contribution < -0.4 is 0 Å². The van der Waals surface area contributed by atoms with Gasteiger partial charge in [-0.25, -0.2) is 9.97 Å². The summed E-state index contributed by atoms with van der Waals surface area (Å²) in [7, 11) is 0. The Bertz CT molecular complexity index is 839. The van der Waals surface area contributed by atoms with E-state index in [2.05, 4.69) is 30.3 Å². The second-order valence-corrected chi connectivity index (χ2v) is 6.20. The molecule has 4 heterocycles. The smallest absolute Gasteiger partial charge is 0.270 e. The number of H-pyrrole nitrogens is 1. The lowest BCUT2D eigenvalue weighted by atomic mass is 10.4. The van der Waals surface area contributed by atoms with Crippen LogP contribution in [0.3, 0.4) is 0 Å². The molecule has 0 unspecified atom stereocenters. The van der Waals surface area contributed by atoms with Crippen LogP contribution in [-0.2, 0) is 11.3 Å². The zero-order chi connectivity index (χ0) is 15.8. The van der Waals surface area contributed by atoms with Crippen LogP contribution in [0.4, 0.5) is 0 Å². The van der Waals surface area contributed by atoms with E-state index in [1.165, 1.54) is 17.7 Å². The zero-order valence-corrected chi connectivity index (χ0v) is 13.1. The van der Waals surface area contributed by atoms with Crippen LogP contribution in [0.5, 0.6) is 0 Å². The molecule has 9 nitrogen and oxygen atoms in total. The molecule has 0 spiro atoms. The van der Waals surface area contributed by atoms with Crippen LogP contribution in [-0.4, -0.2) is 47.7 Å². The second kappa shape index (κ2) is 5.54. The third-order valence-electron chi connectivity index (χ3n) is 3.58. The Hall–Kier alpha value is -2.62. The second-order valence-electron chi connectivity index (χ2n) is 5.20. The quantitative estimate of drug-likeness (QED) is 0.768. The molecule has 0 atom stereocenters. The van der Waals surface area contributed by atoms with Crippen molar-refractivity contribution in [1.82, 2.24) is 35.2 Å². The summed E-state index contributed by atoms with van der Waals surface area (Å²) in [6, 6.07) is 0. The number of carbonyl (C=O) groups excluding carboxylic acids is 1. The maximum atomic E-state index is 11.7. The van der Waals surface area contributed by atoms with Crippen molar-refractivity contribution in [3.8, 4) is 21.6 Å². The summed E-state index contributed by atoms with van der Waals surface area (Å²) >= 11 is 1.41. The van der Waals surface area contributed by atoms with Crippen molar-refractivity contribution in [2.45, 2.75) is 26.3 Å². The van der Waals surface area contributed by atoms with Crippen molar-refractivity contribution < 1.29 is 9.32 Å². The van der Waals surface area contributed by atoms with Crippen LogP contribution in [0.2, 0.25) is 0 Å². The van der Waals surface area contributed by atoms with E-state index in [0.717, 1.165) is 23.5 Å². The van der Waals surface area contributed by atoms with E-state index < -0.39 is 0 Å². The molecule has 1 fully saturated rings. The molecule has 0 aromatic carbocycles. The van der Waals surface area contributed by atoms with Gasteiger partial charge in [0.25, 0.3) is 5.89 Å². The lowest BCUT2D eigenvalue weighted by molar-refractivity contribution is -0.128. The largest absolute Gasteiger partial charge is 0.335 e. The Balaban J connectivity index is 1.58. The fraction of sp³-hybridized carbons (Fsp3) is 0.385. The first-order valence-corrected chi connectivity index (χ1v) is 7.96. The minimum Gasteiger partial charge on any atom is -0.335 e.